The monoisotopic (exact) mass is 607 g/mol. The van der Waals surface area contributed by atoms with Crippen LogP contribution in [0.15, 0.2) is 103 Å². The van der Waals surface area contributed by atoms with Gasteiger partial charge >= 0.3 is 0 Å². The van der Waals surface area contributed by atoms with Crippen molar-refractivity contribution in [1.29, 1.82) is 0 Å². The van der Waals surface area contributed by atoms with Gasteiger partial charge in [0.15, 0.2) is 11.5 Å². The molecule has 0 spiro atoms. The summed E-state index contributed by atoms with van der Waals surface area (Å²) in [6, 6.07) is 37.6. The van der Waals surface area contributed by atoms with E-state index in [0.717, 1.165) is 34.4 Å². The van der Waals surface area contributed by atoms with Gasteiger partial charge in [-0.25, -0.2) is 0 Å². The highest BCUT2D eigenvalue weighted by atomic mass is 16.5. The Balaban J connectivity index is 1.39. The van der Waals surface area contributed by atoms with Crippen LogP contribution in [0.3, 0.4) is 0 Å². The highest BCUT2D eigenvalue weighted by Gasteiger charge is 2.44. The van der Waals surface area contributed by atoms with Crippen LogP contribution >= 0.6 is 0 Å². The van der Waals surface area contributed by atoms with Gasteiger partial charge in [0.1, 0.15) is 11.5 Å². The number of hydrogen-bond donors (Lipinski definition) is 0. The minimum Gasteiger partial charge on any atom is -0.458 e. The molecule has 6 aromatic carbocycles. The minimum atomic E-state index is 0.0121. The van der Waals surface area contributed by atoms with E-state index in [4.69, 9.17) is 9.47 Å². The van der Waals surface area contributed by atoms with Crippen LogP contribution < -0.4 is 47.2 Å². The van der Waals surface area contributed by atoms with Crippen molar-refractivity contribution in [2.75, 3.05) is 4.90 Å². The maximum Gasteiger partial charge on any atom is 0.251 e. The van der Waals surface area contributed by atoms with Crippen molar-refractivity contribution in [3.8, 4) is 23.0 Å². The number of hydrogen-bond acceptors (Lipinski definition) is 3. The second-order valence-electron chi connectivity index (χ2n) is 13.7. The number of rotatable bonds is 2. The Hall–Kier alpha value is -5.15. The Morgan fingerprint density at radius 3 is 1.64 bits per heavy atom. The molecule has 3 aliphatic rings. The van der Waals surface area contributed by atoms with Crippen molar-refractivity contribution in [3.05, 3.63) is 137 Å². The topological polar surface area (TPSA) is 21.7 Å². The summed E-state index contributed by atoms with van der Waals surface area (Å²) in [5.41, 5.74) is 18.7. The third kappa shape index (κ3) is 4.09. The SMILES string of the molecule is Cc1cc(C)c(B2c3ccccc3Oc3cc4c(cc32)N2c3ccccc3Oc3cccc(c32)B4c2c(C)cc(C)cc2C)c(C)c1. The highest BCUT2D eigenvalue weighted by molar-refractivity contribution is 7.00. The van der Waals surface area contributed by atoms with E-state index in [0.29, 0.717) is 0 Å². The Morgan fingerprint density at radius 1 is 0.426 bits per heavy atom. The number of nitrogens with zero attached hydrogens (tertiary/aromatic N) is 1. The van der Waals surface area contributed by atoms with Gasteiger partial charge in [-0.15, -0.1) is 0 Å². The molecule has 0 N–H and O–H groups in total. The largest absolute Gasteiger partial charge is 0.458 e. The Kier molecular flexibility index (Phi) is 6.08. The van der Waals surface area contributed by atoms with Crippen LogP contribution in [0, 0.1) is 41.5 Å². The molecule has 3 nitrogen and oxygen atoms in total. The van der Waals surface area contributed by atoms with Crippen molar-refractivity contribution >= 4 is 63.3 Å². The van der Waals surface area contributed by atoms with E-state index in [2.05, 4.69) is 150 Å². The third-order valence-corrected chi connectivity index (χ3v) is 10.4. The lowest BCUT2D eigenvalue weighted by Gasteiger charge is -2.42. The molecule has 0 amide bonds. The van der Waals surface area contributed by atoms with Crippen LogP contribution in [0.5, 0.6) is 23.0 Å². The first-order valence-corrected chi connectivity index (χ1v) is 16.6. The minimum absolute atomic E-state index is 0.0121. The van der Waals surface area contributed by atoms with Crippen LogP contribution in [-0.2, 0) is 0 Å². The zero-order valence-electron chi connectivity index (χ0n) is 27.7. The summed E-state index contributed by atoms with van der Waals surface area (Å²) < 4.78 is 13.5. The molecule has 0 saturated carbocycles. The number of para-hydroxylation sites is 4. The molecule has 226 valence electrons. The first-order chi connectivity index (χ1) is 22.8. The van der Waals surface area contributed by atoms with Gasteiger partial charge in [-0.05, 0) is 99.8 Å². The van der Waals surface area contributed by atoms with E-state index < -0.39 is 0 Å². The van der Waals surface area contributed by atoms with Crippen molar-refractivity contribution < 1.29 is 9.47 Å². The molecule has 0 aromatic heterocycles. The molecule has 47 heavy (non-hydrogen) atoms. The average molecular weight is 607 g/mol. The molecule has 5 heteroatoms. The summed E-state index contributed by atoms with van der Waals surface area (Å²) >= 11 is 0. The Bertz CT molecular complexity index is 2260. The predicted molar refractivity (Wildman–Crippen MR) is 198 cm³/mol. The molecular formula is C42H35B2NO2. The summed E-state index contributed by atoms with van der Waals surface area (Å²) in [4.78, 5) is 2.45. The maximum atomic E-state index is 6.88. The van der Waals surface area contributed by atoms with Gasteiger partial charge in [-0.3, -0.25) is 0 Å². The van der Waals surface area contributed by atoms with E-state index in [9.17, 15) is 0 Å². The fraction of sp³-hybridized carbons (Fsp3) is 0.143. The lowest BCUT2D eigenvalue weighted by molar-refractivity contribution is 0.477. The first kappa shape index (κ1) is 28.1. The number of anilines is 3. The lowest BCUT2D eigenvalue weighted by Crippen LogP contribution is -2.61. The number of ether oxygens (including phenoxy) is 2. The fourth-order valence-corrected chi connectivity index (χ4v) is 8.83. The molecule has 0 radical (unpaired) electrons. The molecule has 0 saturated heterocycles. The summed E-state index contributed by atoms with van der Waals surface area (Å²) in [6.07, 6.45) is 0. The predicted octanol–water partition coefficient (Wildman–Crippen LogP) is 6.56. The summed E-state index contributed by atoms with van der Waals surface area (Å²) in [6.45, 7) is 13.4. The maximum absolute atomic E-state index is 6.88. The van der Waals surface area contributed by atoms with Gasteiger partial charge in [0.25, 0.3) is 6.71 Å². The highest BCUT2D eigenvalue weighted by Crippen LogP contribution is 2.51. The van der Waals surface area contributed by atoms with Gasteiger partial charge in [-0.1, -0.05) is 111 Å². The third-order valence-electron chi connectivity index (χ3n) is 10.4. The Morgan fingerprint density at radius 2 is 0.957 bits per heavy atom. The quantitative estimate of drug-likeness (QED) is 0.208. The Labute approximate surface area is 278 Å². The molecule has 9 rings (SSSR count). The summed E-state index contributed by atoms with van der Waals surface area (Å²) in [7, 11) is 0. The van der Waals surface area contributed by atoms with E-state index in [1.54, 1.807) is 0 Å². The molecule has 3 aliphatic heterocycles. The molecule has 0 unspecified atom stereocenters. The van der Waals surface area contributed by atoms with E-state index >= 15 is 0 Å². The standard InChI is InChI=1S/C42H35B2NO2/c1-24-18-26(3)40(27(4)19-24)43-30-12-7-9-15-36(30)46-39-23-32-35(22-33(39)43)45-34-14-8-10-16-37(34)47-38-17-11-13-31(42(38)45)44(32)41-28(5)20-25(2)21-29(41)6/h7-23H,1-6H3. The van der Waals surface area contributed by atoms with E-state index in [1.807, 2.05) is 0 Å². The van der Waals surface area contributed by atoms with Crippen molar-refractivity contribution in [2.24, 2.45) is 0 Å². The molecular weight excluding hydrogens is 572 g/mol. The molecule has 0 atom stereocenters. The van der Waals surface area contributed by atoms with E-state index in [-0.39, 0.29) is 13.4 Å². The van der Waals surface area contributed by atoms with Crippen molar-refractivity contribution in [3.63, 3.8) is 0 Å². The number of aryl methyl sites for hydroxylation is 6. The van der Waals surface area contributed by atoms with Gasteiger partial charge < -0.3 is 14.4 Å². The molecule has 0 bridgehead atoms. The van der Waals surface area contributed by atoms with Gasteiger partial charge in [0, 0.05) is 5.69 Å². The van der Waals surface area contributed by atoms with Gasteiger partial charge in [-0.2, -0.15) is 0 Å². The van der Waals surface area contributed by atoms with Crippen LogP contribution in [-0.4, -0.2) is 13.4 Å². The zero-order valence-corrected chi connectivity index (χ0v) is 27.7. The lowest BCUT2D eigenvalue weighted by atomic mass is 9.32. The van der Waals surface area contributed by atoms with Crippen LogP contribution in [0.2, 0.25) is 0 Å². The zero-order chi connectivity index (χ0) is 32.1. The molecule has 0 aliphatic carbocycles. The summed E-state index contributed by atoms with van der Waals surface area (Å²) in [5, 5.41) is 0. The van der Waals surface area contributed by atoms with Gasteiger partial charge in [0.2, 0.25) is 6.71 Å². The second kappa shape index (κ2) is 10.2. The normalized spacial score (nSPS) is 13.5. The first-order valence-electron chi connectivity index (χ1n) is 16.6. The van der Waals surface area contributed by atoms with Crippen LogP contribution in [0.4, 0.5) is 17.1 Å². The van der Waals surface area contributed by atoms with Crippen molar-refractivity contribution in [2.45, 2.75) is 41.5 Å². The fourth-order valence-electron chi connectivity index (χ4n) is 8.83. The van der Waals surface area contributed by atoms with Crippen molar-refractivity contribution in [1.82, 2.24) is 0 Å². The summed E-state index contributed by atoms with van der Waals surface area (Å²) in [5.74, 6) is 3.62. The van der Waals surface area contributed by atoms with E-state index in [1.165, 1.54) is 71.8 Å². The molecule has 6 aromatic rings. The average Bonchev–Trinajstić information content (AvgIpc) is 3.03. The smallest absolute Gasteiger partial charge is 0.251 e. The van der Waals surface area contributed by atoms with Crippen LogP contribution in [0.25, 0.3) is 0 Å². The second-order valence-corrected chi connectivity index (χ2v) is 13.7. The number of fused-ring (bicyclic) bond motifs is 6. The molecule has 3 heterocycles. The number of benzene rings is 6. The molecule has 0 fully saturated rings. The van der Waals surface area contributed by atoms with Gasteiger partial charge in [0.05, 0.1) is 11.4 Å². The van der Waals surface area contributed by atoms with Crippen LogP contribution in [0.1, 0.15) is 33.4 Å².